The summed E-state index contributed by atoms with van der Waals surface area (Å²) in [4.78, 5) is 42.0. The molecule has 0 aliphatic carbocycles. The lowest BCUT2D eigenvalue weighted by molar-refractivity contribution is -0.130. The quantitative estimate of drug-likeness (QED) is 0.646. The number of carbonyl (C=O) groups excluding carboxylic acids is 3. The molecular formula is C24H28N4O5S. The SMILES string of the molecule is Cc1ccc(NC(=O)CC2C(=O)Nc3ccccc3N2CC(=O)N(C)C2CCS(=O)(=O)C2)cc1. The molecule has 0 radical (unpaired) electrons. The van der Waals surface area contributed by atoms with Crippen LogP contribution in [0.1, 0.15) is 18.4 Å². The van der Waals surface area contributed by atoms with E-state index in [1.807, 2.05) is 19.1 Å². The molecule has 34 heavy (non-hydrogen) atoms. The second-order valence-corrected chi connectivity index (χ2v) is 11.1. The Hall–Kier alpha value is -3.40. The predicted octanol–water partition coefficient (Wildman–Crippen LogP) is 1.80. The van der Waals surface area contributed by atoms with Gasteiger partial charge in [0.25, 0.3) is 0 Å². The van der Waals surface area contributed by atoms with E-state index in [4.69, 9.17) is 0 Å². The molecule has 180 valence electrons. The number of sulfone groups is 1. The van der Waals surface area contributed by atoms with Gasteiger partial charge in [-0.15, -0.1) is 0 Å². The van der Waals surface area contributed by atoms with Crippen LogP contribution in [0.3, 0.4) is 0 Å². The first-order valence-corrected chi connectivity index (χ1v) is 12.9. The molecule has 0 saturated carbocycles. The fourth-order valence-electron chi connectivity index (χ4n) is 4.32. The van der Waals surface area contributed by atoms with E-state index in [9.17, 15) is 22.8 Å². The fourth-order valence-corrected chi connectivity index (χ4v) is 6.09. The maximum atomic E-state index is 13.1. The minimum Gasteiger partial charge on any atom is -0.348 e. The van der Waals surface area contributed by atoms with Crippen molar-refractivity contribution in [2.75, 3.05) is 40.6 Å². The topological polar surface area (TPSA) is 116 Å². The summed E-state index contributed by atoms with van der Waals surface area (Å²) in [5.74, 6) is -1.04. The number of carbonyl (C=O) groups is 3. The highest BCUT2D eigenvalue weighted by Crippen LogP contribution is 2.33. The van der Waals surface area contributed by atoms with Gasteiger partial charge in [0.2, 0.25) is 17.7 Å². The van der Waals surface area contributed by atoms with Crippen LogP contribution in [0.4, 0.5) is 17.1 Å². The third kappa shape index (κ3) is 5.22. The van der Waals surface area contributed by atoms with Gasteiger partial charge in [0, 0.05) is 18.8 Å². The van der Waals surface area contributed by atoms with Crippen molar-refractivity contribution in [3.63, 3.8) is 0 Å². The number of anilines is 3. The minimum absolute atomic E-state index is 0.0608. The van der Waals surface area contributed by atoms with Crippen LogP contribution in [0.5, 0.6) is 0 Å². The van der Waals surface area contributed by atoms with Crippen LogP contribution in [-0.2, 0) is 24.2 Å². The Morgan fingerprint density at radius 3 is 2.53 bits per heavy atom. The van der Waals surface area contributed by atoms with Crippen molar-refractivity contribution in [3.05, 3.63) is 54.1 Å². The van der Waals surface area contributed by atoms with Crippen LogP contribution in [0, 0.1) is 6.92 Å². The van der Waals surface area contributed by atoms with Crippen molar-refractivity contribution < 1.29 is 22.8 Å². The van der Waals surface area contributed by atoms with Gasteiger partial charge >= 0.3 is 0 Å². The first-order valence-electron chi connectivity index (χ1n) is 11.1. The summed E-state index contributed by atoms with van der Waals surface area (Å²) in [7, 11) is -1.56. The zero-order valence-electron chi connectivity index (χ0n) is 19.2. The molecule has 2 aliphatic heterocycles. The number of amides is 3. The average Bonchev–Trinajstić information content (AvgIpc) is 3.16. The van der Waals surface area contributed by atoms with E-state index in [0.29, 0.717) is 23.5 Å². The lowest BCUT2D eigenvalue weighted by Gasteiger charge is -2.38. The van der Waals surface area contributed by atoms with Crippen LogP contribution >= 0.6 is 0 Å². The van der Waals surface area contributed by atoms with Crippen molar-refractivity contribution >= 4 is 44.6 Å². The van der Waals surface area contributed by atoms with Gasteiger partial charge in [-0.1, -0.05) is 29.8 Å². The van der Waals surface area contributed by atoms with Crippen molar-refractivity contribution in [2.45, 2.75) is 31.8 Å². The molecule has 0 spiro atoms. The number of rotatable bonds is 6. The lowest BCUT2D eigenvalue weighted by atomic mass is 10.0. The number of nitrogens with zero attached hydrogens (tertiary/aromatic N) is 2. The first-order chi connectivity index (χ1) is 16.1. The monoisotopic (exact) mass is 484 g/mol. The van der Waals surface area contributed by atoms with E-state index in [0.717, 1.165) is 5.56 Å². The number of hydrogen-bond acceptors (Lipinski definition) is 6. The van der Waals surface area contributed by atoms with Crippen molar-refractivity contribution in [3.8, 4) is 0 Å². The normalized spacial score (nSPS) is 20.9. The highest BCUT2D eigenvalue weighted by molar-refractivity contribution is 7.91. The molecule has 2 aliphatic rings. The molecule has 2 unspecified atom stereocenters. The van der Waals surface area contributed by atoms with Gasteiger partial charge in [-0.05, 0) is 37.6 Å². The minimum atomic E-state index is -3.15. The Morgan fingerprint density at radius 2 is 1.85 bits per heavy atom. The molecule has 0 bridgehead atoms. The predicted molar refractivity (Wildman–Crippen MR) is 130 cm³/mol. The van der Waals surface area contributed by atoms with Crippen molar-refractivity contribution in [1.29, 1.82) is 0 Å². The van der Waals surface area contributed by atoms with Gasteiger partial charge < -0.3 is 20.4 Å². The van der Waals surface area contributed by atoms with E-state index in [1.54, 1.807) is 48.3 Å². The number of nitrogens with one attached hydrogen (secondary N) is 2. The number of hydrogen-bond donors (Lipinski definition) is 2. The molecule has 2 aromatic rings. The third-order valence-electron chi connectivity index (χ3n) is 6.32. The summed E-state index contributed by atoms with van der Waals surface area (Å²) in [5, 5.41) is 5.62. The average molecular weight is 485 g/mol. The Bertz CT molecular complexity index is 1210. The van der Waals surface area contributed by atoms with E-state index in [1.165, 1.54) is 4.90 Å². The van der Waals surface area contributed by atoms with Crippen LogP contribution < -0.4 is 15.5 Å². The highest BCUT2D eigenvalue weighted by Gasteiger charge is 2.38. The zero-order chi connectivity index (χ0) is 24.5. The molecule has 10 heteroatoms. The van der Waals surface area contributed by atoms with Crippen LogP contribution in [0.15, 0.2) is 48.5 Å². The molecule has 1 saturated heterocycles. The van der Waals surface area contributed by atoms with Gasteiger partial charge in [0.1, 0.15) is 6.04 Å². The number of benzene rings is 2. The molecule has 3 amide bonds. The molecule has 2 N–H and O–H groups in total. The van der Waals surface area contributed by atoms with Gasteiger partial charge in [-0.25, -0.2) is 8.42 Å². The number of fused-ring (bicyclic) bond motifs is 1. The molecule has 1 fully saturated rings. The zero-order valence-corrected chi connectivity index (χ0v) is 20.0. The summed E-state index contributed by atoms with van der Waals surface area (Å²) < 4.78 is 23.7. The van der Waals surface area contributed by atoms with Crippen LogP contribution in [0.2, 0.25) is 0 Å². The van der Waals surface area contributed by atoms with Crippen molar-refractivity contribution in [2.24, 2.45) is 0 Å². The molecule has 4 rings (SSSR count). The van der Waals surface area contributed by atoms with E-state index in [2.05, 4.69) is 10.6 Å². The Labute approximate surface area is 199 Å². The summed E-state index contributed by atoms with van der Waals surface area (Å²) >= 11 is 0. The number of para-hydroxylation sites is 2. The van der Waals surface area contributed by atoms with E-state index >= 15 is 0 Å². The molecule has 0 aromatic heterocycles. The molecule has 9 nitrogen and oxygen atoms in total. The summed E-state index contributed by atoms with van der Waals surface area (Å²) in [5.41, 5.74) is 2.87. The number of aryl methyl sites for hydroxylation is 1. The lowest BCUT2D eigenvalue weighted by Crippen LogP contribution is -2.54. The third-order valence-corrected chi connectivity index (χ3v) is 8.07. The molecule has 2 heterocycles. The molecule has 2 aromatic carbocycles. The van der Waals surface area contributed by atoms with Gasteiger partial charge in [0.15, 0.2) is 9.84 Å². The maximum Gasteiger partial charge on any atom is 0.247 e. The van der Waals surface area contributed by atoms with Crippen LogP contribution in [-0.4, -0.2) is 68.2 Å². The van der Waals surface area contributed by atoms with Gasteiger partial charge in [-0.3, -0.25) is 14.4 Å². The summed E-state index contributed by atoms with van der Waals surface area (Å²) in [6, 6.07) is 13.1. The maximum absolute atomic E-state index is 13.1. The fraction of sp³-hybridized carbons (Fsp3) is 0.375. The summed E-state index contributed by atoms with van der Waals surface area (Å²) in [6.45, 7) is 1.79. The second-order valence-electron chi connectivity index (χ2n) is 8.83. The van der Waals surface area contributed by atoms with E-state index < -0.39 is 21.9 Å². The Balaban J connectivity index is 1.53. The molecular weight excluding hydrogens is 456 g/mol. The Kier molecular flexibility index (Phi) is 6.60. The van der Waals surface area contributed by atoms with Crippen molar-refractivity contribution in [1.82, 2.24) is 4.90 Å². The standard InChI is InChI=1S/C24H28N4O5S/c1-16-7-9-17(10-8-16)25-22(29)13-21-24(31)26-19-5-3-4-6-20(19)28(21)14-23(30)27(2)18-11-12-34(32,33)15-18/h3-10,18,21H,11-15H2,1-2H3,(H,25,29)(H,26,31). The van der Waals surface area contributed by atoms with E-state index in [-0.39, 0.29) is 42.2 Å². The highest BCUT2D eigenvalue weighted by atomic mass is 32.2. The van der Waals surface area contributed by atoms with Crippen LogP contribution in [0.25, 0.3) is 0 Å². The molecule has 2 atom stereocenters. The largest absolute Gasteiger partial charge is 0.348 e. The van der Waals surface area contributed by atoms with Gasteiger partial charge in [-0.2, -0.15) is 0 Å². The number of likely N-dealkylation sites (N-methyl/N-ethyl adjacent to an activating group) is 1. The second kappa shape index (κ2) is 9.46. The van der Waals surface area contributed by atoms with Gasteiger partial charge in [0.05, 0.1) is 35.8 Å². The first kappa shape index (κ1) is 23.7. The Morgan fingerprint density at radius 1 is 1.15 bits per heavy atom. The smallest absolute Gasteiger partial charge is 0.247 e. The summed E-state index contributed by atoms with van der Waals surface area (Å²) in [6.07, 6.45) is 0.243.